The highest BCUT2D eigenvalue weighted by atomic mass is 32.2. The van der Waals surface area contributed by atoms with Crippen LogP contribution in [0.2, 0.25) is 0 Å². The highest BCUT2D eigenvalue weighted by molar-refractivity contribution is 7.89. The molecule has 32 heavy (non-hydrogen) atoms. The van der Waals surface area contributed by atoms with Gasteiger partial charge in [-0.05, 0) is 42.3 Å². The van der Waals surface area contributed by atoms with Gasteiger partial charge in [0.05, 0.1) is 17.6 Å². The molecule has 164 valence electrons. The third kappa shape index (κ3) is 4.25. The highest BCUT2D eigenvalue weighted by Crippen LogP contribution is 2.21. The van der Waals surface area contributed by atoms with Crippen LogP contribution >= 0.6 is 0 Å². The quantitative estimate of drug-likeness (QED) is 0.527. The van der Waals surface area contributed by atoms with Crippen molar-refractivity contribution in [3.05, 3.63) is 89.2 Å². The smallest absolute Gasteiger partial charge is 0.280 e. The van der Waals surface area contributed by atoms with Gasteiger partial charge in [0.15, 0.2) is 0 Å². The predicted octanol–water partition coefficient (Wildman–Crippen LogP) is 2.41. The Morgan fingerprint density at radius 1 is 0.969 bits per heavy atom. The number of para-hydroxylation sites is 1. The summed E-state index contributed by atoms with van der Waals surface area (Å²) in [7, 11) is -2.18. The third-order valence-electron chi connectivity index (χ3n) is 5.23. The Morgan fingerprint density at radius 2 is 1.72 bits per heavy atom. The molecule has 3 aromatic rings. The molecule has 0 saturated heterocycles. The van der Waals surface area contributed by atoms with Gasteiger partial charge in [-0.25, -0.2) is 13.1 Å². The number of pyridine rings is 1. The van der Waals surface area contributed by atoms with Crippen LogP contribution in [0.25, 0.3) is 0 Å². The molecule has 0 atom stereocenters. The second kappa shape index (κ2) is 8.89. The zero-order chi connectivity index (χ0) is 22.7. The number of imide groups is 1. The zero-order valence-electron chi connectivity index (χ0n) is 17.3. The van der Waals surface area contributed by atoms with Crippen molar-refractivity contribution < 1.29 is 22.7 Å². The molecule has 4 rings (SSSR count). The van der Waals surface area contributed by atoms with Crippen LogP contribution < -0.4 is 9.46 Å². The number of nitrogens with zero attached hydrogens (tertiary/aromatic N) is 2. The molecule has 9 heteroatoms. The first kappa shape index (κ1) is 21.7. The zero-order valence-corrected chi connectivity index (χ0v) is 18.1. The van der Waals surface area contributed by atoms with Crippen LogP contribution in [-0.4, -0.2) is 43.8 Å². The summed E-state index contributed by atoms with van der Waals surface area (Å²) in [6, 6.07) is 16.7. The second-order valence-electron chi connectivity index (χ2n) is 7.19. The fraction of sp³-hybridized carbons (Fsp3) is 0.174. The molecule has 2 aromatic carbocycles. The first-order valence-electron chi connectivity index (χ1n) is 9.92. The van der Waals surface area contributed by atoms with Crippen molar-refractivity contribution in [3.8, 4) is 5.75 Å². The Balaban J connectivity index is 1.39. The first-order valence-corrected chi connectivity index (χ1v) is 11.4. The van der Waals surface area contributed by atoms with E-state index in [0.717, 1.165) is 16.0 Å². The van der Waals surface area contributed by atoms with Crippen LogP contribution in [0.5, 0.6) is 5.75 Å². The molecule has 2 heterocycles. The van der Waals surface area contributed by atoms with Crippen LogP contribution in [0.3, 0.4) is 0 Å². The van der Waals surface area contributed by atoms with Crippen LogP contribution in [-0.2, 0) is 23.0 Å². The van der Waals surface area contributed by atoms with E-state index in [1.807, 2.05) is 12.1 Å². The number of carbonyl (C=O) groups excluding carboxylic acids is 2. The summed E-state index contributed by atoms with van der Waals surface area (Å²) in [6.45, 7) is 0.286. The minimum absolute atomic E-state index is 0.0991. The maximum atomic E-state index is 12.6. The molecule has 0 aliphatic carbocycles. The molecule has 1 N–H and O–H groups in total. The van der Waals surface area contributed by atoms with Gasteiger partial charge in [-0.2, -0.15) is 0 Å². The molecular weight excluding hydrogens is 430 g/mol. The van der Waals surface area contributed by atoms with Gasteiger partial charge in [0.2, 0.25) is 10.0 Å². The summed E-state index contributed by atoms with van der Waals surface area (Å²) in [4.78, 5) is 30.1. The van der Waals surface area contributed by atoms with Crippen molar-refractivity contribution in [1.29, 1.82) is 0 Å². The van der Waals surface area contributed by atoms with Gasteiger partial charge in [-0.15, -0.1) is 0 Å². The van der Waals surface area contributed by atoms with Crippen molar-refractivity contribution >= 4 is 21.8 Å². The minimum Gasteiger partial charge on any atom is -0.496 e. The standard InChI is InChI=1S/C23H21N3O5S/c1-31-20-7-3-2-5-17(20)15-25-32(29,30)18-10-8-16(9-11-18)12-14-26-22(27)19-6-4-13-24-21(19)23(26)28/h2-11,13,25H,12,14-15H2,1H3. The number of fused-ring (bicyclic) bond motifs is 1. The molecule has 0 fully saturated rings. The number of methoxy groups -OCH3 is 1. The molecule has 2 amide bonds. The summed E-state index contributed by atoms with van der Waals surface area (Å²) in [5.41, 5.74) is 2.00. The van der Waals surface area contributed by atoms with Crippen molar-refractivity contribution in [3.63, 3.8) is 0 Å². The van der Waals surface area contributed by atoms with Gasteiger partial charge in [-0.1, -0.05) is 30.3 Å². The molecule has 1 aliphatic rings. The Morgan fingerprint density at radius 3 is 2.44 bits per heavy atom. The summed E-state index contributed by atoms with van der Waals surface area (Å²) in [5.74, 6) is -0.169. The summed E-state index contributed by atoms with van der Waals surface area (Å²) in [6.07, 6.45) is 1.88. The van der Waals surface area contributed by atoms with Crippen molar-refractivity contribution in [1.82, 2.24) is 14.6 Å². The monoisotopic (exact) mass is 451 g/mol. The molecule has 1 aromatic heterocycles. The summed E-state index contributed by atoms with van der Waals surface area (Å²) in [5, 5.41) is 0. The molecular formula is C23H21N3O5S. The number of aromatic nitrogens is 1. The van der Waals surface area contributed by atoms with E-state index in [0.29, 0.717) is 17.7 Å². The number of hydrogen-bond donors (Lipinski definition) is 1. The van der Waals surface area contributed by atoms with E-state index < -0.39 is 15.9 Å². The highest BCUT2D eigenvalue weighted by Gasteiger charge is 2.36. The van der Waals surface area contributed by atoms with Gasteiger partial charge in [-0.3, -0.25) is 19.5 Å². The second-order valence-corrected chi connectivity index (χ2v) is 8.96. The fourth-order valence-corrected chi connectivity index (χ4v) is 4.50. The Bertz CT molecular complexity index is 1240. The van der Waals surface area contributed by atoms with Crippen molar-refractivity contribution in [2.75, 3.05) is 13.7 Å². The maximum Gasteiger partial charge on any atom is 0.280 e. The van der Waals surface area contributed by atoms with Gasteiger partial charge >= 0.3 is 0 Å². The lowest BCUT2D eigenvalue weighted by Crippen LogP contribution is -2.31. The number of hydrogen-bond acceptors (Lipinski definition) is 6. The third-order valence-corrected chi connectivity index (χ3v) is 6.65. The molecule has 0 saturated carbocycles. The van der Waals surface area contributed by atoms with Crippen LogP contribution in [0.4, 0.5) is 0 Å². The van der Waals surface area contributed by atoms with Crippen molar-refractivity contribution in [2.24, 2.45) is 0 Å². The number of ether oxygens (including phenoxy) is 1. The number of sulfonamides is 1. The lowest BCUT2D eigenvalue weighted by Gasteiger charge is -2.14. The first-order chi connectivity index (χ1) is 15.4. The lowest BCUT2D eigenvalue weighted by molar-refractivity contribution is 0.0654. The van der Waals surface area contributed by atoms with E-state index >= 15 is 0 Å². The van der Waals surface area contributed by atoms with Crippen molar-refractivity contribution in [2.45, 2.75) is 17.9 Å². The van der Waals surface area contributed by atoms with Crippen LogP contribution in [0, 0.1) is 0 Å². The van der Waals surface area contributed by atoms with E-state index in [2.05, 4.69) is 9.71 Å². The molecule has 0 unspecified atom stereocenters. The SMILES string of the molecule is COc1ccccc1CNS(=O)(=O)c1ccc(CCN2C(=O)c3cccnc3C2=O)cc1. The van der Waals surface area contributed by atoms with E-state index in [1.54, 1.807) is 36.4 Å². The Kier molecular flexibility index (Phi) is 6.02. The molecule has 0 spiro atoms. The number of carbonyl (C=O) groups is 2. The van der Waals surface area contributed by atoms with Gasteiger partial charge in [0.1, 0.15) is 11.4 Å². The average Bonchev–Trinajstić information content (AvgIpc) is 3.06. The summed E-state index contributed by atoms with van der Waals surface area (Å²) < 4.78 is 33.1. The molecule has 1 aliphatic heterocycles. The van der Waals surface area contributed by atoms with E-state index in [4.69, 9.17) is 4.74 Å². The van der Waals surface area contributed by atoms with Crippen LogP contribution in [0.15, 0.2) is 71.8 Å². The minimum atomic E-state index is -3.72. The number of benzene rings is 2. The van der Waals surface area contributed by atoms with E-state index in [-0.39, 0.29) is 29.6 Å². The number of nitrogens with one attached hydrogen (secondary N) is 1. The lowest BCUT2D eigenvalue weighted by atomic mass is 10.1. The normalized spacial score (nSPS) is 13.3. The Hall–Kier alpha value is -3.56. The van der Waals surface area contributed by atoms with E-state index in [1.165, 1.54) is 25.4 Å². The van der Waals surface area contributed by atoms with Gasteiger partial charge < -0.3 is 4.74 Å². The Labute approximate surface area is 185 Å². The molecule has 8 nitrogen and oxygen atoms in total. The predicted molar refractivity (Wildman–Crippen MR) is 117 cm³/mol. The number of amides is 2. The topological polar surface area (TPSA) is 106 Å². The number of rotatable bonds is 8. The average molecular weight is 452 g/mol. The summed E-state index contributed by atoms with van der Waals surface area (Å²) >= 11 is 0. The van der Waals surface area contributed by atoms with Crippen LogP contribution in [0.1, 0.15) is 32.0 Å². The largest absolute Gasteiger partial charge is 0.496 e. The van der Waals surface area contributed by atoms with Gasteiger partial charge in [0, 0.05) is 24.8 Å². The maximum absolute atomic E-state index is 12.6. The molecule has 0 bridgehead atoms. The van der Waals surface area contributed by atoms with Gasteiger partial charge in [0.25, 0.3) is 11.8 Å². The fourth-order valence-electron chi connectivity index (χ4n) is 3.50. The molecule has 0 radical (unpaired) electrons. The van der Waals surface area contributed by atoms with E-state index in [9.17, 15) is 18.0 Å².